The van der Waals surface area contributed by atoms with Crippen LogP contribution in [0.4, 0.5) is 11.5 Å². The first-order valence-corrected chi connectivity index (χ1v) is 14.9. The van der Waals surface area contributed by atoms with Crippen LogP contribution in [0.1, 0.15) is 33.6 Å². The van der Waals surface area contributed by atoms with E-state index in [-0.39, 0.29) is 39.9 Å². The Bertz CT molecular complexity index is 1550. The van der Waals surface area contributed by atoms with Crippen molar-refractivity contribution in [1.29, 1.82) is 0 Å². The van der Waals surface area contributed by atoms with E-state index in [2.05, 4.69) is 20.0 Å². The highest BCUT2D eigenvalue weighted by Crippen LogP contribution is 2.33. The predicted octanol–water partition coefficient (Wildman–Crippen LogP) is 4.98. The first kappa shape index (κ1) is 29.5. The highest BCUT2D eigenvalue weighted by atomic mass is 35.5. The number of nitrogens with zero attached hydrogens (tertiary/aromatic N) is 3. The quantitative estimate of drug-likeness (QED) is 0.371. The molecule has 3 aromatic rings. The summed E-state index contributed by atoms with van der Waals surface area (Å²) in [7, 11) is -1.62. The van der Waals surface area contributed by atoms with Gasteiger partial charge in [0.25, 0.3) is 17.7 Å². The van der Waals surface area contributed by atoms with Crippen LogP contribution in [-0.4, -0.2) is 64.8 Å². The third kappa shape index (κ3) is 7.36. The third-order valence-corrected chi connectivity index (χ3v) is 8.27. The van der Waals surface area contributed by atoms with Crippen molar-refractivity contribution in [3.8, 4) is 5.75 Å². The molecular formula is C27H27Cl2N5O5S. The van der Waals surface area contributed by atoms with Gasteiger partial charge < -0.3 is 15.4 Å². The van der Waals surface area contributed by atoms with E-state index in [0.29, 0.717) is 9.92 Å². The van der Waals surface area contributed by atoms with Crippen molar-refractivity contribution in [2.45, 2.75) is 17.7 Å². The molecule has 0 aliphatic carbocycles. The van der Waals surface area contributed by atoms with Gasteiger partial charge in [-0.05, 0) is 68.4 Å². The summed E-state index contributed by atoms with van der Waals surface area (Å²) in [6.07, 6.45) is 4.84. The maximum Gasteiger partial charge on any atom is 0.268 e. The van der Waals surface area contributed by atoms with Crippen LogP contribution in [0.25, 0.3) is 0 Å². The van der Waals surface area contributed by atoms with Crippen LogP contribution < -0.4 is 15.4 Å². The topological polar surface area (TPSA) is 130 Å². The van der Waals surface area contributed by atoms with Gasteiger partial charge in [-0.25, -0.2) is 9.19 Å². The molecule has 2 N–H and O–H groups in total. The number of rotatable bonds is 8. The van der Waals surface area contributed by atoms with Gasteiger partial charge in [0.2, 0.25) is 0 Å². The van der Waals surface area contributed by atoms with Crippen molar-refractivity contribution < 1.29 is 23.3 Å². The van der Waals surface area contributed by atoms with E-state index in [1.807, 2.05) is 4.90 Å². The van der Waals surface area contributed by atoms with E-state index < -0.39 is 27.5 Å². The van der Waals surface area contributed by atoms with Crippen molar-refractivity contribution in [3.63, 3.8) is 0 Å². The summed E-state index contributed by atoms with van der Waals surface area (Å²) >= 11 is 12.1. The summed E-state index contributed by atoms with van der Waals surface area (Å²) in [5.41, 5.74) is 0.345. The van der Waals surface area contributed by atoms with Gasteiger partial charge in [-0.15, -0.1) is 0 Å². The van der Waals surface area contributed by atoms with Gasteiger partial charge in [0.05, 0.1) is 39.7 Å². The maximum atomic E-state index is 13.2. The molecule has 0 radical (unpaired) electrons. The second kappa shape index (κ2) is 12.8. The number of anilines is 2. The Labute approximate surface area is 242 Å². The molecule has 1 saturated heterocycles. The van der Waals surface area contributed by atoms with E-state index in [1.54, 1.807) is 6.07 Å². The van der Waals surface area contributed by atoms with Crippen LogP contribution >= 0.6 is 23.2 Å². The van der Waals surface area contributed by atoms with Crippen molar-refractivity contribution in [2.24, 2.45) is 4.36 Å². The lowest BCUT2D eigenvalue weighted by Crippen LogP contribution is -2.26. The van der Waals surface area contributed by atoms with E-state index in [1.165, 1.54) is 62.0 Å². The number of amides is 3. The highest BCUT2D eigenvalue weighted by Gasteiger charge is 2.22. The van der Waals surface area contributed by atoms with Crippen molar-refractivity contribution in [3.05, 3.63) is 75.9 Å². The molecule has 0 saturated carbocycles. The Hall–Kier alpha value is -3.51. The summed E-state index contributed by atoms with van der Waals surface area (Å²) in [4.78, 5) is 44.9. The number of carbonyl (C=O) groups excluding carboxylic acids is 3. The molecule has 1 atom stereocenters. The molecule has 13 heteroatoms. The number of ether oxygens (including phenoxy) is 1. The van der Waals surface area contributed by atoms with Gasteiger partial charge in [0, 0.05) is 34.0 Å². The van der Waals surface area contributed by atoms with Gasteiger partial charge in [0.15, 0.2) is 0 Å². The van der Waals surface area contributed by atoms with E-state index in [0.717, 1.165) is 25.9 Å². The second-order valence-electron chi connectivity index (χ2n) is 9.10. The molecule has 0 spiro atoms. The summed E-state index contributed by atoms with van der Waals surface area (Å²) in [5, 5.41) is 5.96. The van der Waals surface area contributed by atoms with Crippen LogP contribution in [0.3, 0.4) is 0 Å². The maximum absolute atomic E-state index is 13.2. The van der Waals surface area contributed by atoms with Gasteiger partial charge in [-0.1, -0.05) is 23.2 Å². The summed E-state index contributed by atoms with van der Waals surface area (Å²) in [6, 6.07) is 11.9. The number of likely N-dealkylation sites (tertiary alicyclic amines) is 1. The standard InChI is InChI=1S/C27H27Cl2N5O5S/c1-39-22-14-19(29)13-21(27(37)31-23-10-7-18(28)15-30-23)25(22)32-26(36)17-5-8-20(9-6-17)40(2,38)33-24(35)16-34-11-3-4-12-34/h5-10,13-15H,3-4,11-12,16H2,1-2H3,(H,32,36)(H,30,31,37). The first-order chi connectivity index (χ1) is 19.1. The molecule has 10 nitrogen and oxygen atoms in total. The number of nitrogens with one attached hydrogen (secondary N) is 2. The number of halogens is 2. The van der Waals surface area contributed by atoms with Crippen LogP contribution in [0, 0.1) is 0 Å². The third-order valence-electron chi connectivity index (χ3n) is 6.13. The number of benzene rings is 2. The predicted molar refractivity (Wildman–Crippen MR) is 155 cm³/mol. The lowest BCUT2D eigenvalue weighted by molar-refractivity contribution is -0.118. The van der Waals surface area contributed by atoms with Crippen molar-refractivity contribution in [2.75, 3.05) is 43.6 Å². The molecule has 1 unspecified atom stereocenters. The Morgan fingerprint density at radius 3 is 2.33 bits per heavy atom. The van der Waals surface area contributed by atoms with Gasteiger partial charge in [-0.3, -0.25) is 19.3 Å². The van der Waals surface area contributed by atoms with Crippen LogP contribution in [-0.2, 0) is 14.5 Å². The molecule has 40 heavy (non-hydrogen) atoms. The number of pyridine rings is 1. The van der Waals surface area contributed by atoms with E-state index >= 15 is 0 Å². The summed E-state index contributed by atoms with van der Waals surface area (Å²) in [6.45, 7) is 1.80. The molecular weight excluding hydrogens is 577 g/mol. The molecule has 2 heterocycles. The molecule has 1 aliphatic heterocycles. The normalized spacial score (nSPS) is 14.7. The Morgan fingerprint density at radius 1 is 1.00 bits per heavy atom. The fourth-order valence-electron chi connectivity index (χ4n) is 4.14. The fraction of sp³-hybridized carbons (Fsp3) is 0.259. The zero-order valence-electron chi connectivity index (χ0n) is 21.8. The number of hydrogen-bond donors (Lipinski definition) is 2. The minimum atomic E-state index is -3.00. The molecule has 0 bridgehead atoms. The number of hydrogen-bond acceptors (Lipinski definition) is 7. The molecule has 1 fully saturated rings. The van der Waals surface area contributed by atoms with Crippen molar-refractivity contribution in [1.82, 2.24) is 9.88 Å². The van der Waals surface area contributed by atoms with Crippen LogP contribution in [0.5, 0.6) is 5.75 Å². The monoisotopic (exact) mass is 603 g/mol. The number of methoxy groups -OCH3 is 1. The Balaban J connectivity index is 1.54. The SMILES string of the molecule is COc1cc(Cl)cc(C(=O)Nc2ccc(Cl)cn2)c1NC(=O)c1ccc(S(C)(=O)=NC(=O)CN2CCCC2)cc1. The Kier molecular flexibility index (Phi) is 9.41. The largest absolute Gasteiger partial charge is 0.494 e. The minimum Gasteiger partial charge on any atom is -0.494 e. The summed E-state index contributed by atoms with van der Waals surface area (Å²) in [5.74, 6) is -1.18. The molecule has 2 aromatic carbocycles. The molecule has 3 amide bonds. The lowest BCUT2D eigenvalue weighted by Gasteiger charge is -2.16. The smallest absolute Gasteiger partial charge is 0.268 e. The molecule has 210 valence electrons. The van der Waals surface area contributed by atoms with E-state index in [9.17, 15) is 18.6 Å². The zero-order chi connectivity index (χ0) is 28.9. The highest BCUT2D eigenvalue weighted by molar-refractivity contribution is 7.93. The molecule has 1 aliphatic rings. The van der Waals surface area contributed by atoms with Crippen LogP contribution in [0.15, 0.2) is 64.0 Å². The Morgan fingerprint density at radius 2 is 1.70 bits per heavy atom. The average Bonchev–Trinajstić information content (AvgIpc) is 3.43. The molecule has 1 aromatic heterocycles. The number of carbonyl (C=O) groups is 3. The van der Waals surface area contributed by atoms with E-state index in [4.69, 9.17) is 27.9 Å². The van der Waals surface area contributed by atoms with Crippen LogP contribution in [0.2, 0.25) is 10.0 Å². The lowest BCUT2D eigenvalue weighted by atomic mass is 10.1. The summed E-state index contributed by atoms with van der Waals surface area (Å²) < 4.78 is 22.5. The van der Waals surface area contributed by atoms with Gasteiger partial charge in [0.1, 0.15) is 11.6 Å². The number of aromatic nitrogens is 1. The average molecular weight is 605 g/mol. The fourth-order valence-corrected chi connectivity index (χ4v) is 5.65. The van der Waals surface area contributed by atoms with Gasteiger partial charge >= 0.3 is 0 Å². The first-order valence-electron chi connectivity index (χ1n) is 12.2. The molecule has 4 rings (SSSR count). The van der Waals surface area contributed by atoms with Crippen molar-refractivity contribution >= 4 is 62.2 Å². The second-order valence-corrected chi connectivity index (χ2v) is 12.2. The zero-order valence-corrected chi connectivity index (χ0v) is 24.1. The van der Waals surface area contributed by atoms with Gasteiger partial charge in [-0.2, -0.15) is 4.36 Å². The minimum absolute atomic E-state index is 0.0398.